The average molecular weight is 519 g/mol. The number of pyridine rings is 2. The lowest BCUT2D eigenvalue weighted by Crippen LogP contribution is -2.50. The highest BCUT2D eigenvalue weighted by Gasteiger charge is 2.24. The lowest BCUT2D eigenvalue weighted by molar-refractivity contribution is -0.121. The van der Waals surface area contributed by atoms with Gasteiger partial charge in [0.25, 0.3) is 0 Å². The number of rotatable bonds is 7. The van der Waals surface area contributed by atoms with E-state index in [2.05, 4.69) is 55.2 Å². The Bertz CT molecular complexity index is 1480. The van der Waals surface area contributed by atoms with Crippen LogP contribution in [0.4, 0.5) is 10.1 Å². The molecule has 0 bridgehead atoms. The minimum Gasteiger partial charge on any atom is -0.479 e. The zero-order valence-electron chi connectivity index (χ0n) is 22.3. The monoisotopic (exact) mass is 518 g/mol. The number of piperazine rings is 1. The van der Waals surface area contributed by atoms with Gasteiger partial charge in [-0.3, -0.25) is 14.7 Å². The molecule has 1 saturated heterocycles. The summed E-state index contributed by atoms with van der Waals surface area (Å²) >= 11 is 0. The van der Waals surface area contributed by atoms with Gasteiger partial charge in [0.05, 0.1) is 49.4 Å². The van der Waals surface area contributed by atoms with Crippen LogP contribution in [0.5, 0.6) is 5.88 Å². The number of imidazole rings is 1. The van der Waals surface area contributed by atoms with Gasteiger partial charge in [0, 0.05) is 24.8 Å². The molecule has 1 aliphatic rings. The second-order valence-electron chi connectivity index (χ2n) is 9.59. The van der Waals surface area contributed by atoms with E-state index in [0.29, 0.717) is 48.1 Å². The number of hydrogen-bond donors (Lipinski definition) is 0. The molecule has 38 heavy (non-hydrogen) atoms. The van der Waals surface area contributed by atoms with Crippen molar-refractivity contribution in [2.24, 2.45) is 0 Å². The Morgan fingerprint density at radius 2 is 1.92 bits per heavy atom. The number of nitrogens with zero attached hydrogens (tertiary/aromatic N) is 8. The molecule has 0 spiro atoms. The van der Waals surface area contributed by atoms with E-state index >= 15 is 0 Å². The number of carbonyl (C=O) groups excluding carboxylic acids is 1. The van der Waals surface area contributed by atoms with Gasteiger partial charge < -0.3 is 14.2 Å². The molecule has 5 rings (SSSR count). The topological polar surface area (TPSA) is 102 Å². The molecule has 0 N–H and O–H groups in total. The van der Waals surface area contributed by atoms with E-state index in [1.54, 1.807) is 17.2 Å². The van der Waals surface area contributed by atoms with Crippen LogP contribution in [0.3, 0.4) is 0 Å². The van der Waals surface area contributed by atoms with Crippen molar-refractivity contribution in [2.45, 2.75) is 40.2 Å². The van der Waals surface area contributed by atoms with E-state index < -0.39 is 5.82 Å². The van der Waals surface area contributed by atoms with Crippen LogP contribution in [-0.4, -0.2) is 73.6 Å². The molecule has 4 aromatic rings. The summed E-state index contributed by atoms with van der Waals surface area (Å²) in [5.41, 5.74) is 3.31. The Kier molecular flexibility index (Phi) is 7.02. The van der Waals surface area contributed by atoms with Crippen LogP contribution in [-0.2, 0) is 11.2 Å². The smallest absolute Gasteiger partial charge is 0.242 e. The molecule has 0 saturated carbocycles. The summed E-state index contributed by atoms with van der Waals surface area (Å²) < 4.78 is 22.5. The molecule has 0 radical (unpaired) electrons. The van der Waals surface area contributed by atoms with Crippen LogP contribution in [0, 0.1) is 12.7 Å². The second kappa shape index (κ2) is 10.4. The van der Waals surface area contributed by atoms with Crippen LogP contribution >= 0.6 is 0 Å². The van der Waals surface area contributed by atoms with Gasteiger partial charge in [0.2, 0.25) is 11.8 Å². The van der Waals surface area contributed by atoms with E-state index in [1.165, 1.54) is 7.11 Å². The van der Waals surface area contributed by atoms with Gasteiger partial charge in [-0.2, -0.15) is 0 Å². The second-order valence-corrected chi connectivity index (χ2v) is 9.59. The number of aryl methyl sites for hydroxylation is 1. The number of amides is 1. The number of hydrogen-bond acceptors (Lipinski definition) is 8. The third kappa shape index (κ3) is 4.81. The maximum Gasteiger partial charge on any atom is 0.242 e. The highest BCUT2D eigenvalue weighted by atomic mass is 19.1. The van der Waals surface area contributed by atoms with Crippen molar-refractivity contribution in [3.05, 3.63) is 53.8 Å². The normalized spacial score (nSPS) is 14.6. The lowest BCUT2D eigenvalue weighted by Gasteiger charge is -2.33. The van der Waals surface area contributed by atoms with Crippen molar-refractivity contribution in [1.29, 1.82) is 0 Å². The lowest BCUT2D eigenvalue weighted by atomic mass is 10.2. The molecule has 1 aliphatic heterocycles. The summed E-state index contributed by atoms with van der Waals surface area (Å²) in [7, 11) is 1.52. The van der Waals surface area contributed by atoms with Gasteiger partial charge in [0.1, 0.15) is 17.3 Å². The summed E-state index contributed by atoms with van der Waals surface area (Å²) in [4.78, 5) is 38.7. The molecule has 0 aliphatic carbocycles. The van der Waals surface area contributed by atoms with Crippen molar-refractivity contribution in [2.75, 3.05) is 38.2 Å². The van der Waals surface area contributed by atoms with Crippen LogP contribution in [0.2, 0.25) is 0 Å². The Balaban J connectivity index is 1.42. The number of aromatic nitrogens is 6. The van der Waals surface area contributed by atoms with Crippen LogP contribution < -0.4 is 9.64 Å². The molecule has 11 heteroatoms. The molecule has 0 aromatic carbocycles. The largest absolute Gasteiger partial charge is 0.479 e. The van der Waals surface area contributed by atoms with Crippen LogP contribution in [0.1, 0.15) is 44.2 Å². The molecule has 1 fully saturated rings. The summed E-state index contributed by atoms with van der Waals surface area (Å²) in [5.74, 6) is 1.02. The van der Waals surface area contributed by atoms with Gasteiger partial charge >= 0.3 is 0 Å². The standard InChI is InChI=1S/C27H31FN8O2/c1-6-34-9-10-35(24(37)15-34)19-8-7-18(29-13-19)11-23-30-14-20(28)25(33-23)21-12-22-26(27(32-21)38-5)31-17(4)36(22)16(2)3/h7-8,12-14,16H,6,9-11,15H2,1-5H3. The summed E-state index contributed by atoms with van der Waals surface area (Å²) in [6, 6.07) is 5.65. The molecular weight excluding hydrogens is 487 g/mol. The van der Waals surface area contributed by atoms with Crippen molar-refractivity contribution in [3.8, 4) is 17.3 Å². The first kappa shape index (κ1) is 25.7. The van der Waals surface area contributed by atoms with E-state index in [4.69, 9.17) is 4.74 Å². The van der Waals surface area contributed by atoms with E-state index in [1.807, 2.05) is 19.1 Å². The molecule has 0 unspecified atom stereocenters. The van der Waals surface area contributed by atoms with Gasteiger partial charge in [-0.15, -0.1) is 0 Å². The van der Waals surface area contributed by atoms with E-state index in [-0.39, 0.29) is 17.6 Å². The van der Waals surface area contributed by atoms with Crippen molar-refractivity contribution >= 4 is 22.6 Å². The molecule has 4 aromatic heterocycles. The molecule has 1 amide bonds. The fraction of sp³-hybridized carbons (Fsp3) is 0.407. The number of halogens is 1. The third-order valence-electron chi connectivity index (χ3n) is 6.78. The summed E-state index contributed by atoms with van der Waals surface area (Å²) in [6.07, 6.45) is 3.14. The molecule has 5 heterocycles. The first-order valence-electron chi connectivity index (χ1n) is 12.7. The fourth-order valence-corrected chi connectivity index (χ4v) is 4.87. The number of carbonyl (C=O) groups is 1. The maximum absolute atomic E-state index is 15.0. The summed E-state index contributed by atoms with van der Waals surface area (Å²) in [6.45, 7) is 10.8. The number of ether oxygens (including phenoxy) is 1. The van der Waals surface area contributed by atoms with Crippen LogP contribution in [0.25, 0.3) is 22.4 Å². The van der Waals surface area contributed by atoms with Gasteiger partial charge in [0.15, 0.2) is 11.3 Å². The van der Waals surface area contributed by atoms with E-state index in [0.717, 1.165) is 36.3 Å². The van der Waals surface area contributed by atoms with E-state index in [9.17, 15) is 9.18 Å². The Morgan fingerprint density at radius 3 is 2.58 bits per heavy atom. The zero-order chi connectivity index (χ0) is 27.0. The minimum absolute atomic E-state index is 0.0630. The number of fused-ring (bicyclic) bond motifs is 1. The number of methoxy groups -OCH3 is 1. The first-order chi connectivity index (χ1) is 18.3. The summed E-state index contributed by atoms with van der Waals surface area (Å²) in [5, 5.41) is 0. The molecule has 10 nitrogen and oxygen atoms in total. The predicted molar refractivity (Wildman–Crippen MR) is 142 cm³/mol. The van der Waals surface area contributed by atoms with Gasteiger partial charge in [-0.05, 0) is 45.5 Å². The SMILES string of the molecule is CCN1CCN(c2ccc(Cc3ncc(F)c(-c4cc5c(nc(C)n5C(C)C)c(OC)n4)n3)nc2)C(=O)C1. The predicted octanol–water partition coefficient (Wildman–Crippen LogP) is 3.58. The Hall–Kier alpha value is -3.99. The maximum atomic E-state index is 15.0. The number of likely N-dealkylation sites (N-methyl/N-ethyl adjacent to an activating group) is 1. The van der Waals surface area contributed by atoms with Crippen molar-refractivity contribution < 1.29 is 13.9 Å². The first-order valence-corrected chi connectivity index (χ1v) is 12.7. The molecule has 0 atom stereocenters. The Labute approximate surface area is 220 Å². The fourth-order valence-electron chi connectivity index (χ4n) is 4.87. The van der Waals surface area contributed by atoms with Gasteiger partial charge in [-0.1, -0.05) is 6.92 Å². The molecule has 198 valence electrons. The quantitative estimate of drug-likeness (QED) is 0.366. The van der Waals surface area contributed by atoms with Crippen LogP contribution in [0.15, 0.2) is 30.6 Å². The zero-order valence-corrected chi connectivity index (χ0v) is 22.3. The van der Waals surface area contributed by atoms with Crippen molar-refractivity contribution in [1.82, 2.24) is 34.4 Å². The highest BCUT2D eigenvalue weighted by Crippen LogP contribution is 2.31. The van der Waals surface area contributed by atoms with Gasteiger partial charge in [-0.25, -0.2) is 24.3 Å². The van der Waals surface area contributed by atoms with Crippen molar-refractivity contribution in [3.63, 3.8) is 0 Å². The molecular formula is C27H31FN8O2. The Morgan fingerprint density at radius 1 is 1.11 bits per heavy atom. The minimum atomic E-state index is -0.581. The average Bonchev–Trinajstić information content (AvgIpc) is 3.25. The number of anilines is 1. The highest BCUT2D eigenvalue weighted by molar-refractivity contribution is 5.95. The third-order valence-corrected chi connectivity index (χ3v) is 6.78.